The molecule has 2 N–H and O–H groups in total. The highest BCUT2D eigenvalue weighted by Crippen LogP contribution is 2.08. The van der Waals surface area contributed by atoms with Gasteiger partial charge in [0.15, 0.2) is 0 Å². The van der Waals surface area contributed by atoms with Gasteiger partial charge in [-0.1, -0.05) is 29.7 Å². The van der Waals surface area contributed by atoms with E-state index in [1.165, 1.54) is 6.08 Å². The lowest BCUT2D eigenvalue weighted by Crippen LogP contribution is -1.92. The van der Waals surface area contributed by atoms with E-state index in [9.17, 15) is 0 Å². The average Bonchev–Trinajstić information content (AvgIpc) is 1.87. The van der Waals surface area contributed by atoms with Crippen molar-refractivity contribution in [3.63, 3.8) is 0 Å². The van der Waals surface area contributed by atoms with E-state index in [2.05, 4.69) is 6.58 Å². The Morgan fingerprint density at radius 1 is 1.70 bits per heavy atom. The zero-order valence-corrected chi connectivity index (χ0v) is 6.65. The Bertz CT molecular complexity index is 190. The highest BCUT2D eigenvalue weighted by molar-refractivity contribution is 6.33. The molecule has 0 aromatic carbocycles. The minimum absolute atomic E-state index is 0.456. The van der Waals surface area contributed by atoms with Crippen molar-refractivity contribution >= 4 is 19.4 Å². The van der Waals surface area contributed by atoms with Gasteiger partial charge in [0, 0.05) is 5.70 Å². The van der Waals surface area contributed by atoms with Gasteiger partial charge in [-0.3, -0.25) is 0 Å². The van der Waals surface area contributed by atoms with E-state index in [1.54, 1.807) is 13.0 Å². The maximum atomic E-state index is 5.64. The molecule has 0 fully saturated rings. The number of hydrogen-bond donors (Lipinski definition) is 1. The maximum absolute atomic E-state index is 5.64. The molecule has 0 unspecified atom stereocenters. The van der Waals surface area contributed by atoms with Crippen LogP contribution in [0.1, 0.15) is 6.92 Å². The Hall–Kier alpha value is -0.625. The Labute approximate surface area is 67.7 Å². The summed E-state index contributed by atoms with van der Waals surface area (Å²) >= 11 is 5.64. The minimum Gasteiger partial charge on any atom is -0.401 e. The second kappa shape index (κ2) is 4.23. The third kappa shape index (κ3) is 3.41. The molecule has 0 aromatic rings. The van der Waals surface area contributed by atoms with Crippen molar-refractivity contribution in [3.8, 4) is 0 Å². The molecule has 0 bridgehead atoms. The first-order chi connectivity index (χ1) is 4.57. The first-order valence-electron chi connectivity index (χ1n) is 2.79. The summed E-state index contributed by atoms with van der Waals surface area (Å²) in [6.07, 6.45) is 3.06. The van der Waals surface area contributed by atoms with Crippen LogP contribution in [0.2, 0.25) is 0 Å². The molecule has 0 spiro atoms. The van der Waals surface area contributed by atoms with Crippen LogP contribution in [0.15, 0.2) is 34.9 Å². The summed E-state index contributed by atoms with van der Waals surface area (Å²) in [5.41, 5.74) is 6.41. The van der Waals surface area contributed by atoms with Gasteiger partial charge in [0.25, 0.3) is 0 Å². The predicted octanol–water partition coefficient (Wildman–Crippen LogP) is 1.65. The highest BCUT2D eigenvalue weighted by atomic mass is 35.5. The lowest BCUT2D eigenvalue weighted by atomic mass is 9.95. The van der Waals surface area contributed by atoms with Crippen LogP contribution in [0.3, 0.4) is 0 Å². The molecule has 0 aromatic heterocycles. The van der Waals surface area contributed by atoms with Crippen LogP contribution < -0.4 is 5.73 Å². The van der Waals surface area contributed by atoms with Crippen LogP contribution >= 0.6 is 11.6 Å². The van der Waals surface area contributed by atoms with Crippen molar-refractivity contribution in [3.05, 3.63) is 34.9 Å². The van der Waals surface area contributed by atoms with Gasteiger partial charge in [-0.15, -0.1) is 0 Å². The summed E-state index contributed by atoms with van der Waals surface area (Å²) in [4.78, 5) is 0. The molecule has 0 saturated heterocycles. The zero-order chi connectivity index (χ0) is 8.15. The molecule has 10 heavy (non-hydrogen) atoms. The van der Waals surface area contributed by atoms with Crippen LogP contribution in [-0.4, -0.2) is 7.85 Å². The van der Waals surface area contributed by atoms with Gasteiger partial charge in [0.2, 0.25) is 0 Å². The van der Waals surface area contributed by atoms with E-state index in [0.717, 1.165) is 0 Å². The van der Waals surface area contributed by atoms with Crippen LogP contribution in [-0.2, 0) is 0 Å². The molecule has 3 heteroatoms. The fraction of sp³-hybridized carbons (Fsp3) is 0.143. The van der Waals surface area contributed by atoms with Gasteiger partial charge in [-0.05, 0) is 13.0 Å². The topological polar surface area (TPSA) is 26.0 Å². The summed E-state index contributed by atoms with van der Waals surface area (Å²) in [6.45, 7) is 5.16. The number of hydrogen-bond acceptors (Lipinski definition) is 1. The van der Waals surface area contributed by atoms with Crippen molar-refractivity contribution < 1.29 is 0 Å². The normalized spacial score (nSPS) is 14.4. The monoisotopic (exact) mass is 153 g/mol. The second-order valence-corrected chi connectivity index (χ2v) is 2.29. The smallest absolute Gasteiger partial charge is 0.113 e. The lowest BCUT2D eigenvalue weighted by Gasteiger charge is -1.94. The van der Waals surface area contributed by atoms with E-state index in [4.69, 9.17) is 25.2 Å². The third-order valence-electron chi connectivity index (χ3n) is 0.906. The lowest BCUT2D eigenvalue weighted by molar-refractivity contribution is 1.30. The predicted molar refractivity (Wildman–Crippen MR) is 46.8 cm³/mol. The van der Waals surface area contributed by atoms with Crippen LogP contribution in [0, 0.1) is 0 Å². The molecule has 0 atom stereocenters. The van der Waals surface area contributed by atoms with Crippen molar-refractivity contribution in [1.29, 1.82) is 0 Å². The number of allylic oxidation sites excluding steroid dienone is 5. The van der Waals surface area contributed by atoms with Gasteiger partial charge in [0.1, 0.15) is 7.85 Å². The second-order valence-electron chi connectivity index (χ2n) is 1.88. The van der Waals surface area contributed by atoms with Gasteiger partial charge in [-0.2, -0.15) is 0 Å². The van der Waals surface area contributed by atoms with E-state index in [1.807, 2.05) is 0 Å². The van der Waals surface area contributed by atoms with Crippen LogP contribution in [0.25, 0.3) is 0 Å². The molecule has 0 aliphatic heterocycles. The van der Waals surface area contributed by atoms with Crippen molar-refractivity contribution in [2.45, 2.75) is 6.92 Å². The Kier molecular flexibility index (Phi) is 3.97. The maximum Gasteiger partial charge on any atom is 0.113 e. The van der Waals surface area contributed by atoms with Crippen LogP contribution in [0.5, 0.6) is 0 Å². The van der Waals surface area contributed by atoms with Crippen molar-refractivity contribution in [1.82, 2.24) is 0 Å². The standard InChI is InChI=1S/C7H9BClN/c1-3-6(8)4-7(9)5(2)10/h3-4H,1,10H2,2H3/b6-4+,7-5-. The van der Waals surface area contributed by atoms with E-state index < -0.39 is 0 Å². The largest absolute Gasteiger partial charge is 0.401 e. The van der Waals surface area contributed by atoms with Gasteiger partial charge in [0.05, 0.1) is 5.03 Å². The first-order valence-corrected chi connectivity index (χ1v) is 3.17. The van der Waals surface area contributed by atoms with E-state index >= 15 is 0 Å². The molecule has 0 amide bonds. The fourth-order valence-electron chi connectivity index (χ4n) is 0.319. The summed E-state index contributed by atoms with van der Waals surface area (Å²) in [5.74, 6) is 0. The van der Waals surface area contributed by atoms with Crippen molar-refractivity contribution in [2.75, 3.05) is 0 Å². The number of rotatable bonds is 2. The molecule has 0 heterocycles. The molecule has 2 radical (unpaired) electrons. The number of nitrogens with two attached hydrogens (primary N) is 1. The molecule has 0 rings (SSSR count). The summed E-state index contributed by atoms with van der Waals surface area (Å²) in [7, 11) is 5.38. The molecular formula is C7H9BClN. The Morgan fingerprint density at radius 2 is 2.20 bits per heavy atom. The van der Waals surface area contributed by atoms with Gasteiger partial charge in [-0.25, -0.2) is 0 Å². The zero-order valence-electron chi connectivity index (χ0n) is 5.89. The molecule has 0 aliphatic carbocycles. The minimum atomic E-state index is 0.456. The van der Waals surface area contributed by atoms with E-state index in [-0.39, 0.29) is 0 Å². The summed E-state index contributed by atoms with van der Waals surface area (Å²) < 4.78 is 0. The third-order valence-corrected chi connectivity index (χ3v) is 1.31. The Balaban J connectivity index is 4.42. The Morgan fingerprint density at radius 3 is 2.50 bits per heavy atom. The molecule has 0 saturated carbocycles. The quantitative estimate of drug-likeness (QED) is 0.474. The van der Waals surface area contributed by atoms with Gasteiger partial charge < -0.3 is 5.73 Å². The van der Waals surface area contributed by atoms with Crippen molar-refractivity contribution in [2.24, 2.45) is 5.73 Å². The van der Waals surface area contributed by atoms with Gasteiger partial charge >= 0.3 is 0 Å². The van der Waals surface area contributed by atoms with Crippen LogP contribution in [0.4, 0.5) is 0 Å². The molecular weight excluding hydrogens is 144 g/mol. The fourth-order valence-corrected chi connectivity index (χ4v) is 0.445. The summed E-state index contributed by atoms with van der Waals surface area (Å²) in [5, 5.41) is 0.456. The first kappa shape index (κ1) is 9.37. The summed E-state index contributed by atoms with van der Waals surface area (Å²) in [6, 6.07) is 0. The average molecular weight is 153 g/mol. The molecule has 52 valence electrons. The van der Waals surface area contributed by atoms with E-state index in [0.29, 0.717) is 16.2 Å². The molecule has 0 aliphatic rings. The molecule has 1 nitrogen and oxygen atoms in total. The number of halogens is 1. The highest BCUT2D eigenvalue weighted by Gasteiger charge is 1.89. The SMILES string of the molecule is [B]/C(C=C)=C/C(Cl)=C(\C)N.